The molecule has 27 heavy (non-hydrogen) atoms. The van der Waals surface area contributed by atoms with Gasteiger partial charge in [0.25, 0.3) is 5.91 Å². The Kier molecular flexibility index (Phi) is 5.50. The summed E-state index contributed by atoms with van der Waals surface area (Å²) in [6, 6.07) is 4.09. The number of carbonyl (C=O) groups excluding carboxylic acids is 2. The zero-order valence-electron chi connectivity index (χ0n) is 14.5. The first kappa shape index (κ1) is 19.3. The summed E-state index contributed by atoms with van der Waals surface area (Å²) in [5.74, 6) is -0.473. The third-order valence-electron chi connectivity index (χ3n) is 4.45. The molecule has 9 heteroatoms. The molecule has 5 nitrogen and oxygen atoms in total. The maximum absolute atomic E-state index is 13.1. The molecule has 1 aromatic heterocycles. The predicted molar refractivity (Wildman–Crippen MR) is 94.3 cm³/mol. The highest BCUT2D eigenvalue weighted by molar-refractivity contribution is 7.11. The summed E-state index contributed by atoms with van der Waals surface area (Å²) < 4.78 is 39.2. The van der Waals surface area contributed by atoms with Crippen molar-refractivity contribution in [3.63, 3.8) is 0 Å². The Balaban J connectivity index is 1.89. The number of likely N-dealkylation sites (tertiary alicyclic amines) is 1. The SMILES string of the molecule is Cc1ncsc1C(=O)N[C@@H](CN1CCCC1=O)c1cccc(C(F)(F)F)c1. The van der Waals surface area contributed by atoms with E-state index in [0.717, 1.165) is 23.5 Å². The van der Waals surface area contributed by atoms with Crippen molar-refractivity contribution in [3.8, 4) is 0 Å². The average Bonchev–Trinajstić information content (AvgIpc) is 3.22. The van der Waals surface area contributed by atoms with Crippen LogP contribution in [0.1, 0.15) is 45.4 Å². The van der Waals surface area contributed by atoms with E-state index in [2.05, 4.69) is 10.3 Å². The minimum atomic E-state index is -4.48. The Hall–Kier alpha value is -2.42. The minimum Gasteiger partial charge on any atom is -0.343 e. The van der Waals surface area contributed by atoms with Gasteiger partial charge in [-0.05, 0) is 31.0 Å². The van der Waals surface area contributed by atoms with Crippen LogP contribution in [0.25, 0.3) is 0 Å². The van der Waals surface area contributed by atoms with Crippen LogP contribution >= 0.6 is 11.3 Å². The largest absolute Gasteiger partial charge is 0.416 e. The third-order valence-corrected chi connectivity index (χ3v) is 5.38. The Bertz CT molecular complexity index is 850. The van der Waals surface area contributed by atoms with E-state index in [9.17, 15) is 22.8 Å². The number of carbonyl (C=O) groups is 2. The van der Waals surface area contributed by atoms with Gasteiger partial charge in [0.15, 0.2) is 0 Å². The number of thiazole rings is 1. The van der Waals surface area contributed by atoms with Crippen molar-refractivity contribution in [2.24, 2.45) is 0 Å². The van der Waals surface area contributed by atoms with Gasteiger partial charge in [0, 0.05) is 19.5 Å². The molecule has 2 amide bonds. The summed E-state index contributed by atoms with van der Waals surface area (Å²) in [6.45, 7) is 2.35. The molecule has 1 fully saturated rings. The molecule has 1 atom stereocenters. The molecule has 1 aliphatic heterocycles. The van der Waals surface area contributed by atoms with E-state index in [0.29, 0.717) is 35.5 Å². The number of halogens is 3. The van der Waals surface area contributed by atoms with Gasteiger partial charge in [0.05, 0.1) is 22.8 Å². The molecule has 0 bridgehead atoms. The molecule has 1 N–H and O–H groups in total. The van der Waals surface area contributed by atoms with Crippen LogP contribution in [0.3, 0.4) is 0 Å². The number of hydrogen-bond acceptors (Lipinski definition) is 4. The summed E-state index contributed by atoms with van der Waals surface area (Å²) in [5.41, 5.74) is 1.60. The van der Waals surface area contributed by atoms with E-state index in [1.54, 1.807) is 11.8 Å². The number of hydrogen-bond donors (Lipinski definition) is 1. The van der Waals surface area contributed by atoms with Crippen LogP contribution in [0.4, 0.5) is 13.2 Å². The second-order valence-corrected chi connectivity index (χ2v) is 7.21. The summed E-state index contributed by atoms with van der Waals surface area (Å²) in [6.07, 6.45) is -3.37. The molecule has 0 unspecified atom stereocenters. The van der Waals surface area contributed by atoms with Crippen molar-refractivity contribution in [3.05, 3.63) is 51.5 Å². The summed E-state index contributed by atoms with van der Waals surface area (Å²) in [5, 5.41) is 2.77. The lowest BCUT2D eigenvalue weighted by molar-refractivity contribution is -0.137. The highest BCUT2D eigenvalue weighted by Crippen LogP contribution is 2.31. The van der Waals surface area contributed by atoms with Gasteiger partial charge in [-0.3, -0.25) is 9.59 Å². The molecule has 2 aromatic rings. The molecule has 0 saturated carbocycles. The van der Waals surface area contributed by atoms with Crippen LogP contribution in [0.15, 0.2) is 29.8 Å². The Labute approximate surface area is 158 Å². The lowest BCUT2D eigenvalue weighted by Crippen LogP contribution is -2.38. The number of amides is 2. The fraction of sp³-hybridized carbons (Fsp3) is 0.389. The van der Waals surface area contributed by atoms with Gasteiger partial charge < -0.3 is 10.2 Å². The van der Waals surface area contributed by atoms with Gasteiger partial charge in [-0.2, -0.15) is 13.2 Å². The zero-order valence-corrected chi connectivity index (χ0v) is 15.4. The highest BCUT2D eigenvalue weighted by Gasteiger charge is 2.32. The molecule has 144 valence electrons. The lowest BCUT2D eigenvalue weighted by atomic mass is 10.0. The second-order valence-electron chi connectivity index (χ2n) is 6.36. The van der Waals surface area contributed by atoms with E-state index >= 15 is 0 Å². The topological polar surface area (TPSA) is 62.3 Å². The number of aryl methyl sites for hydroxylation is 1. The van der Waals surface area contributed by atoms with E-state index in [1.807, 2.05) is 0 Å². The Morgan fingerprint density at radius 3 is 2.78 bits per heavy atom. The molecule has 1 saturated heterocycles. The minimum absolute atomic E-state index is 0.0600. The average molecular weight is 397 g/mol. The number of rotatable bonds is 5. The quantitative estimate of drug-likeness (QED) is 0.839. The molecular weight excluding hydrogens is 379 g/mol. The van der Waals surface area contributed by atoms with Crippen LogP contribution in [-0.2, 0) is 11.0 Å². The molecule has 1 aliphatic rings. The molecule has 0 spiro atoms. The number of nitrogens with zero attached hydrogens (tertiary/aromatic N) is 2. The van der Waals surface area contributed by atoms with Gasteiger partial charge in [0.1, 0.15) is 4.88 Å². The zero-order chi connectivity index (χ0) is 19.6. The second kappa shape index (κ2) is 7.67. The van der Waals surface area contributed by atoms with Gasteiger partial charge >= 0.3 is 6.18 Å². The first-order valence-corrected chi connectivity index (χ1v) is 9.29. The molecule has 0 radical (unpaired) electrons. The molecule has 1 aromatic carbocycles. The summed E-state index contributed by atoms with van der Waals surface area (Å²) in [7, 11) is 0. The monoisotopic (exact) mass is 397 g/mol. The predicted octanol–water partition coefficient (Wildman–Crippen LogP) is 3.56. The molecule has 2 heterocycles. The van der Waals surface area contributed by atoms with E-state index < -0.39 is 23.7 Å². The maximum atomic E-state index is 13.1. The van der Waals surface area contributed by atoms with Crippen LogP contribution < -0.4 is 5.32 Å². The van der Waals surface area contributed by atoms with E-state index in [-0.39, 0.29) is 12.5 Å². The van der Waals surface area contributed by atoms with Gasteiger partial charge in [-0.15, -0.1) is 11.3 Å². The number of nitrogens with one attached hydrogen (secondary N) is 1. The van der Waals surface area contributed by atoms with Crippen molar-refractivity contribution >= 4 is 23.2 Å². The number of aromatic nitrogens is 1. The first-order chi connectivity index (χ1) is 12.8. The van der Waals surface area contributed by atoms with Crippen molar-refractivity contribution in [1.29, 1.82) is 0 Å². The Morgan fingerprint density at radius 2 is 2.19 bits per heavy atom. The van der Waals surface area contributed by atoms with Crippen molar-refractivity contribution in [1.82, 2.24) is 15.2 Å². The van der Waals surface area contributed by atoms with E-state index in [1.165, 1.54) is 17.6 Å². The van der Waals surface area contributed by atoms with Crippen LogP contribution in [0.2, 0.25) is 0 Å². The fourth-order valence-corrected chi connectivity index (χ4v) is 3.73. The maximum Gasteiger partial charge on any atom is 0.416 e. The number of alkyl halides is 3. The molecule has 0 aliphatic carbocycles. The van der Waals surface area contributed by atoms with Crippen molar-refractivity contribution in [2.45, 2.75) is 32.0 Å². The van der Waals surface area contributed by atoms with Crippen LogP contribution in [-0.4, -0.2) is 34.8 Å². The fourth-order valence-electron chi connectivity index (χ4n) is 3.03. The normalized spacial score (nSPS) is 15.9. The Morgan fingerprint density at radius 1 is 1.41 bits per heavy atom. The standard InChI is InChI=1S/C18H18F3N3O2S/c1-11-16(27-10-22-11)17(26)23-14(9-24-7-3-6-15(24)25)12-4-2-5-13(8-12)18(19,20)21/h2,4-5,8,10,14H,3,6-7,9H2,1H3,(H,23,26)/t14-/m0/s1. The third kappa shape index (κ3) is 4.47. The first-order valence-electron chi connectivity index (χ1n) is 8.41. The molecular formula is C18H18F3N3O2S. The lowest BCUT2D eigenvalue weighted by Gasteiger charge is -2.25. The van der Waals surface area contributed by atoms with Gasteiger partial charge in [-0.1, -0.05) is 12.1 Å². The molecule has 3 rings (SSSR count). The van der Waals surface area contributed by atoms with Crippen molar-refractivity contribution < 1.29 is 22.8 Å². The summed E-state index contributed by atoms with van der Waals surface area (Å²) in [4.78, 5) is 30.5. The highest BCUT2D eigenvalue weighted by atomic mass is 32.1. The van der Waals surface area contributed by atoms with Crippen molar-refractivity contribution in [2.75, 3.05) is 13.1 Å². The van der Waals surface area contributed by atoms with E-state index in [4.69, 9.17) is 0 Å². The smallest absolute Gasteiger partial charge is 0.343 e. The van der Waals surface area contributed by atoms with Gasteiger partial charge in [-0.25, -0.2) is 4.98 Å². The number of benzene rings is 1. The van der Waals surface area contributed by atoms with Crippen LogP contribution in [0.5, 0.6) is 0 Å². The summed E-state index contributed by atoms with van der Waals surface area (Å²) >= 11 is 1.16. The van der Waals surface area contributed by atoms with Gasteiger partial charge in [0.2, 0.25) is 5.91 Å². The van der Waals surface area contributed by atoms with Crippen LogP contribution in [0, 0.1) is 6.92 Å².